The lowest BCUT2D eigenvalue weighted by Gasteiger charge is -2.07. The van der Waals surface area contributed by atoms with Crippen LogP contribution in [0.5, 0.6) is 0 Å². The van der Waals surface area contributed by atoms with Gasteiger partial charge in [-0.05, 0) is 24.6 Å². The summed E-state index contributed by atoms with van der Waals surface area (Å²) in [6, 6.07) is 3.43. The smallest absolute Gasteiger partial charge is 0.321 e. The van der Waals surface area contributed by atoms with Crippen LogP contribution in [0.25, 0.3) is 0 Å². The summed E-state index contributed by atoms with van der Waals surface area (Å²) in [5, 5.41) is 4.77. The maximum Gasteiger partial charge on any atom is 0.321 e. The van der Waals surface area contributed by atoms with Crippen molar-refractivity contribution in [2.45, 2.75) is 24.7 Å². The molecule has 0 aliphatic rings. The largest absolute Gasteiger partial charge is 0.398 e. The molecular weight excluding hydrogens is 281 g/mol. The van der Waals surface area contributed by atoms with E-state index in [4.69, 9.17) is 5.73 Å². The lowest BCUT2D eigenvalue weighted by molar-refractivity contribution is -0.117. The second kappa shape index (κ2) is 8.42. The number of urea groups is 1. The van der Waals surface area contributed by atoms with Gasteiger partial charge in [-0.1, -0.05) is 13.3 Å². The Morgan fingerprint density at radius 2 is 2.15 bits per heavy atom. The summed E-state index contributed by atoms with van der Waals surface area (Å²) in [7, 11) is 0. The van der Waals surface area contributed by atoms with Gasteiger partial charge in [-0.15, -0.1) is 11.8 Å². The third-order valence-electron chi connectivity index (χ3n) is 2.40. The summed E-state index contributed by atoms with van der Waals surface area (Å²) in [5.74, 6) is -0.874. The number of rotatable bonds is 6. The highest BCUT2D eigenvalue weighted by molar-refractivity contribution is 8.00. The predicted octanol–water partition coefficient (Wildman–Crippen LogP) is 2.13. The zero-order valence-electron chi connectivity index (χ0n) is 11.2. The third-order valence-corrected chi connectivity index (χ3v) is 3.47. The van der Waals surface area contributed by atoms with E-state index in [2.05, 4.69) is 10.6 Å². The van der Waals surface area contributed by atoms with Gasteiger partial charge in [0.2, 0.25) is 5.91 Å². The van der Waals surface area contributed by atoms with Gasteiger partial charge in [0.1, 0.15) is 5.82 Å². The van der Waals surface area contributed by atoms with E-state index in [1.54, 1.807) is 0 Å². The van der Waals surface area contributed by atoms with Crippen molar-refractivity contribution in [2.24, 2.45) is 0 Å². The molecule has 0 saturated carbocycles. The Hall–Kier alpha value is -1.76. The number of thioether (sulfide) groups is 1. The molecule has 0 aliphatic heterocycles. The zero-order valence-corrected chi connectivity index (χ0v) is 12.1. The third kappa shape index (κ3) is 5.92. The van der Waals surface area contributed by atoms with E-state index in [0.717, 1.165) is 24.6 Å². The Bertz CT molecular complexity index is 483. The van der Waals surface area contributed by atoms with Crippen molar-refractivity contribution in [3.63, 3.8) is 0 Å². The topological polar surface area (TPSA) is 84.2 Å². The van der Waals surface area contributed by atoms with E-state index in [9.17, 15) is 14.0 Å². The fourth-order valence-corrected chi connectivity index (χ4v) is 2.15. The Morgan fingerprint density at radius 3 is 2.85 bits per heavy atom. The van der Waals surface area contributed by atoms with Crippen molar-refractivity contribution in [2.75, 3.05) is 18.0 Å². The number of benzene rings is 1. The van der Waals surface area contributed by atoms with Crippen LogP contribution < -0.4 is 16.4 Å². The van der Waals surface area contributed by atoms with Gasteiger partial charge in [-0.3, -0.25) is 10.1 Å². The Labute approximate surface area is 121 Å². The molecule has 1 rings (SSSR count). The molecule has 0 fully saturated rings. The first kappa shape index (κ1) is 16.3. The Balaban J connectivity index is 2.36. The van der Waals surface area contributed by atoms with E-state index >= 15 is 0 Å². The number of halogens is 1. The van der Waals surface area contributed by atoms with Gasteiger partial charge in [0.05, 0.1) is 5.75 Å². The molecule has 110 valence electrons. The van der Waals surface area contributed by atoms with Crippen molar-refractivity contribution < 1.29 is 14.0 Å². The molecule has 1 aromatic rings. The highest BCUT2D eigenvalue weighted by atomic mass is 32.2. The molecule has 3 amide bonds. The maximum absolute atomic E-state index is 13.0. The van der Waals surface area contributed by atoms with Crippen molar-refractivity contribution in [1.29, 1.82) is 0 Å². The molecule has 0 aromatic heterocycles. The number of imide groups is 1. The van der Waals surface area contributed by atoms with Gasteiger partial charge < -0.3 is 11.1 Å². The average molecular weight is 299 g/mol. The average Bonchev–Trinajstić information content (AvgIpc) is 2.40. The summed E-state index contributed by atoms with van der Waals surface area (Å²) in [4.78, 5) is 23.3. The van der Waals surface area contributed by atoms with Gasteiger partial charge in [-0.2, -0.15) is 0 Å². The van der Waals surface area contributed by atoms with Crippen LogP contribution in [0.2, 0.25) is 0 Å². The van der Waals surface area contributed by atoms with Gasteiger partial charge >= 0.3 is 6.03 Å². The fourth-order valence-electron chi connectivity index (χ4n) is 1.36. The summed E-state index contributed by atoms with van der Waals surface area (Å²) in [5.41, 5.74) is 6.06. The number of amides is 3. The molecule has 0 radical (unpaired) electrons. The van der Waals surface area contributed by atoms with Crippen LogP contribution in [0.3, 0.4) is 0 Å². The summed E-state index contributed by atoms with van der Waals surface area (Å²) >= 11 is 1.08. The van der Waals surface area contributed by atoms with E-state index < -0.39 is 17.8 Å². The number of nitrogens with one attached hydrogen (secondary N) is 2. The molecule has 0 unspecified atom stereocenters. The number of hydrogen-bond donors (Lipinski definition) is 3. The second-order valence-electron chi connectivity index (χ2n) is 4.13. The number of carbonyl (C=O) groups is 2. The van der Waals surface area contributed by atoms with Crippen LogP contribution in [-0.4, -0.2) is 24.2 Å². The molecule has 0 atom stereocenters. The first-order chi connectivity index (χ1) is 9.52. The second-order valence-corrected chi connectivity index (χ2v) is 5.15. The number of nitrogen functional groups attached to an aromatic ring is 1. The molecule has 0 aliphatic carbocycles. The number of carbonyl (C=O) groups excluding carboxylic acids is 2. The monoisotopic (exact) mass is 299 g/mol. The van der Waals surface area contributed by atoms with Crippen LogP contribution in [0.4, 0.5) is 14.9 Å². The van der Waals surface area contributed by atoms with E-state index in [1.165, 1.54) is 18.2 Å². The lowest BCUT2D eigenvalue weighted by atomic mass is 10.3. The standard InChI is InChI=1S/C13H18FN3O2S/c1-2-3-6-16-13(19)17-12(18)8-20-11-7-9(14)4-5-10(11)15/h4-5,7H,2-3,6,8,15H2,1H3,(H2,16,17,18,19). The molecule has 1 aromatic carbocycles. The molecule has 4 N–H and O–H groups in total. The summed E-state index contributed by atoms with van der Waals surface area (Å²) in [6.45, 7) is 2.53. The van der Waals surface area contributed by atoms with Crippen molar-refractivity contribution in [3.8, 4) is 0 Å². The Morgan fingerprint density at radius 1 is 1.40 bits per heavy atom. The number of hydrogen-bond acceptors (Lipinski definition) is 4. The predicted molar refractivity (Wildman–Crippen MR) is 78.0 cm³/mol. The van der Waals surface area contributed by atoms with Gasteiger partial charge in [0, 0.05) is 17.1 Å². The highest BCUT2D eigenvalue weighted by Crippen LogP contribution is 2.25. The SMILES string of the molecule is CCCCNC(=O)NC(=O)CSc1cc(F)ccc1N. The molecule has 5 nitrogen and oxygen atoms in total. The molecule has 0 heterocycles. The normalized spacial score (nSPS) is 10.1. The van der Waals surface area contributed by atoms with Crippen LogP contribution in [0, 0.1) is 5.82 Å². The first-order valence-electron chi connectivity index (χ1n) is 6.28. The minimum Gasteiger partial charge on any atom is -0.398 e. The first-order valence-corrected chi connectivity index (χ1v) is 7.27. The minimum absolute atomic E-state index is 0.00511. The van der Waals surface area contributed by atoms with Gasteiger partial charge in [0.15, 0.2) is 0 Å². The van der Waals surface area contributed by atoms with E-state index in [-0.39, 0.29) is 5.75 Å². The van der Waals surface area contributed by atoms with Crippen LogP contribution in [0.15, 0.2) is 23.1 Å². The quantitative estimate of drug-likeness (QED) is 0.427. The highest BCUT2D eigenvalue weighted by Gasteiger charge is 2.09. The molecule has 0 bridgehead atoms. The number of nitrogens with two attached hydrogens (primary N) is 1. The maximum atomic E-state index is 13.0. The molecule has 0 saturated heterocycles. The van der Waals surface area contributed by atoms with Crippen molar-refractivity contribution in [3.05, 3.63) is 24.0 Å². The van der Waals surface area contributed by atoms with Crippen molar-refractivity contribution in [1.82, 2.24) is 10.6 Å². The molecular formula is C13H18FN3O2S. The number of anilines is 1. The van der Waals surface area contributed by atoms with E-state index in [1.807, 2.05) is 6.92 Å². The number of unbranched alkanes of at least 4 members (excludes halogenated alkanes) is 1. The lowest BCUT2D eigenvalue weighted by Crippen LogP contribution is -2.40. The molecule has 0 spiro atoms. The van der Waals surface area contributed by atoms with Gasteiger partial charge in [-0.25, -0.2) is 9.18 Å². The summed E-state index contributed by atoms with van der Waals surface area (Å²) in [6.07, 6.45) is 1.82. The van der Waals surface area contributed by atoms with Crippen LogP contribution in [0.1, 0.15) is 19.8 Å². The van der Waals surface area contributed by atoms with Crippen LogP contribution in [-0.2, 0) is 4.79 Å². The Kier molecular flexibility index (Phi) is 6.86. The zero-order chi connectivity index (χ0) is 15.0. The molecule has 20 heavy (non-hydrogen) atoms. The minimum atomic E-state index is -0.517. The van der Waals surface area contributed by atoms with Crippen LogP contribution >= 0.6 is 11.8 Å². The van der Waals surface area contributed by atoms with Crippen molar-refractivity contribution >= 4 is 29.4 Å². The fraction of sp³-hybridized carbons (Fsp3) is 0.385. The summed E-state index contributed by atoms with van der Waals surface area (Å²) < 4.78 is 13.0. The van der Waals surface area contributed by atoms with Gasteiger partial charge in [0.25, 0.3) is 0 Å². The molecule has 7 heteroatoms. The van der Waals surface area contributed by atoms with E-state index in [0.29, 0.717) is 17.1 Å².